The molecule has 3 amide bonds. The lowest BCUT2D eigenvalue weighted by Gasteiger charge is -2.28. The Hall–Kier alpha value is -1.83. The molecule has 1 aliphatic rings. The maximum absolute atomic E-state index is 12.0. The third-order valence-electron chi connectivity index (χ3n) is 3.41. The van der Waals surface area contributed by atoms with E-state index in [0.29, 0.717) is 13.2 Å². The Labute approximate surface area is 123 Å². The van der Waals surface area contributed by atoms with Crippen molar-refractivity contribution in [3.63, 3.8) is 0 Å². The quantitative estimate of drug-likeness (QED) is 0.599. The number of nitrogens with one attached hydrogen (secondary N) is 1. The molecular weight excluding hydrogens is 278 g/mol. The zero-order valence-electron chi connectivity index (χ0n) is 12.2. The fraction of sp³-hybridized carbons (Fsp3) is 0.769. The minimum atomic E-state index is -1.18. The number of carboxylic acids is 1. The van der Waals surface area contributed by atoms with E-state index >= 15 is 0 Å². The maximum Gasteiger partial charge on any atom is 0.326 e. The number of hydrogen-bond donors (Lipinski definition) is 3. The van der Waals surface area contributed by atoms with Crippen molar-refractivity contribution in [2.24, 2.45) is 11.7 Å². The minimum absolute atomic E-state index is 0.0171. The topological polar surface area (TPSA) is 122 Å². The Kier molecular flexibility index (Phi) is 6.93. The lowest BCUT2D eigenvalue weighted by Crippen LogP contribution is -2.48. The van der Waals surface area contributed by atoms with Gasteiger partial charge in [-0.2, -0.15) is 0 Å². The predicted octanol–water partition coefficient (Wildman–Crippen LogP) is -0.227. The van der Waals surface area contributed by atoms with Crippen molar-refractivity contribution in [2.75, 3.05) is 26.8 Å². The molecule has 0 aromatic carbocycles. The molecule has 0 saturated carbocycles. The molecule has 8 heteroatoms. The largest absolute Gasteiger partial charge is 0.480 e. The lowest BCUT2D eigenvalue weighted by molar-refractivity contribution is -0.139. The standard InChI is InChI=1S/C13H23N3O5/c1-16(7-9-3-2-6-21-8-9)13(20)15-10(12(18)19)4-5-11(14)17/h9-10H,2-8H2,1H3,(H2,14,17)(H,15,20)(H,18,19)/t9?,10-/m1/s1. The van der Waals surface area contributed by atoms with Gasteiger partial charge in [0.2, 0.25) is 5.91 Å². The highest BCUT2D eigenvalue weighted by Crippen LogP contribution is 2.14. The first-order valence-electron chi connectivity index (χ1n) is 7.00. The van der Waals surface area contributed by atoms with E-state index in [1.165, 1.54) is 4.90 Å². The van der Waals surface area contributed by atoms with Crippen LogP contribution in [0.4, 0.5) is 4.79 Å². The van der Waals surface area contributed by atoms with E-state index in [4.69, 9.17) is 15.6 Å². The van der Waals surface area contributed by atoms with Crippen LogP contribution in [0.5, 0.6) is 0 Å². The molecule has 4 N–H and O–H groups in total. The molecule has 120 valence electrons. The molecule has 0 aromatic heterocycles. The average molecular weight is 301 g/mol. The van der Waals surface area contributed by atoms with E-state index in [0.717, 1.165) is 19.4 Å². The van der Waals surface area contributed by atoms with Gasteiger partial charge in [0.15, 0.2) is 0 Å². The average Bonchev–Trinajstić information content (AvgIpc) is 2.43. The Bertz CT molecular complexity index is 382. The number of carbonyl (C=O) groups is 3. The van der Waals surface area contributed by atoms with Gasteiger partial charge in [0.05, 0.1) is 6.61 Å². The second-order valence-corrected chi connectivity index (χ2v) is 5.31. The van der Waals surface area contributed by atoms with Gasteiger partial charge in [0.25, 0.3) is 0 Å². The molecule has 1 rings (SSSR count). The van der Waals surface area contributed by atoms with Crippen LogP contribution in [-0.2, 0) is 14.3 Å². The highest BCUT2D eigenvalue weighted by Gasteiger charge is 2.24. The van der Waals surface area contributed by atoms with Gasteiger partial charge >= 0.3 is 12.0 Å². The fourth-order valence-electron chi connectivity index (χ4n) is 2.22. The number of ether oxygens (including phenoxy) is 1. The lowest BCUT2D eigenvalue weighted by atomic mass is 10.0. The summed E-state index contributed by atoms with van der Waals surface area (Å²) < 4.78 is 5.34. The zero-order chi connectivity index (χ0) is 15.8. The summed E-state index contributed by atoms with van der Waals surface area (Å²) in [7, 11) is 1.61. The zero-order valence-corrected chi connectivity index (χ0v) is 12.2. The molecule has 0 bridgehead atoms. The number of amides is 3. The first-order chi connectivity index (χ1) is 9.90. The van der Waals surface area contributed by atoms with Crippen molar-refractivity contribution in [2.45, 2.75) is 31.7 Å². The SMILES string of the molecule is CN(CC1CCCOC1)C(=O)N[C@H](CCC(N)=O)C(=O)O. The third kappa shape index (κ3) is 6.44. The van der Waals surface area contributed by atoms with Gasteiger partial charge in [0, 0.05) is 32.5 Å². The number of urea groups is 1. The molecule has 1 saturated heterocycles. The first-order valence-corrected chi connectivity index (χ1v) is 7.00. The van der Waals surface area contributed by atoms with Gasteiger partial charge in [-0.15, -0.1) is 0 Å². The van der Waals surface area contributed by atoms with Gasteiger partial charge < -0.3 is 25.8 Å². The van der Waals surface area contributed by atoms with E-state index in [1.807, 2.05) is 0 Å². The van der Waals surface area contributed by atoms with Crippen LogP contribution in [0, 0.1) is 5.92 Å². The Morgan fingerprint density at radius 2 is 2.19 bits per heavy atom. The molecule has 2 atom stereocenters. The molecule has 21 heavy (non-hydrogen) atoms. The van der Waals surface area contributed by atoms with Crippen molar-refractivity contribution >= 4 is 17.9 Å². The number of hydrogen-bond acceptors (Lipinski definition) is 4. The van der Waals surface area contributed by atoms with Crippen LogP contribution in [0.3, 0.4) is 0 Å². The number of rotatable bonds is 7. The van der Waals surface area contributed by atoms with Crippen LogP contribution in [0.15, 0.2) is 0 Å². The molecule has 8 nitrogen and oxygen atoms in total. The summed E-state index contributed by atoms with van der Waals surface area (Å²) >= 11 is 0. The van der Waals surface area contributed by atoms with Gasteiger partial charge in [-0.25, -0.2) is 9.59 Å². The molecule has 0 spiro atoms. The normalized spacial score (nSPS) is 19.6. The second-order valence-electron chi connectivity index (χ2n) is 5.31. The highest BCUT2D eigenvalue weighted by atomic mass is 16.5. The van der Waals surface area contributed by atoms with Crippen molar-refractivity contribution in [3.05, 3.63) is 0 Å². The van der Waals surface area contributed by atoms with Gasteiger partial charge in [-0.05, 0) is 19.3 Å². The molecule has 1 fully saturated rings. The molecule has 1 heterocycles. The minimum Gasteiger partial charge on any atom is -0.480 e. The molecule has 0 aromatic rings. The number of nitrogens with zero attached hydrogens (tertiary/aromatic N) is 1. The molecule has 1 unspecified atom stereocenters. The smallest absolute Gasteiger partial charge is 0.326 e. The highest BCUT2D eigenvalue weighted by molar-refractivity contribution is 5.83. The second kappa shape index (κ2) is 8.46. The summed E-state index contributed by atoms with van der Waals surface area (Å²) in [5, 5.41) is 11.4. The fourth-order valence-corrected chi connectivity index (χ4v) is 2.22. The summed E-state index contributed by atoms with van der Waals surface area (Å²) in [5.41, 5.74) is 4.99. The Morgan fingerprint density at radius 3 is 2.71 bits per heavy atom. The third-order valence-corrected chi connectivity index (χ3v) is 3.41. The van der Waals surface area contributed by atoms with Crippen molar-refractivity contribution < 1.29 is 24.2 Å². The maximum atomic E-state index is 12.0. The van der Waals surface area contributed by atoms with Crippen molar-refractivity contribution in [1.29, 1.82) is 0 Å². The summed E-state index contributed by atoms with van der Waals surface area (Å²) in [4.78, 5) is 35.2. The first kappa shape index (κ1) is 17.2. The Balaban J connectivity index is 2.43. The molecule has 1 aliphatic heterocycles. The van der Waals surface area contributed by atoms with E-state index in [9.17, 15) is 14.4 Å². The van der Waals surface area contributed by atoms with Gasteiger partial charge in [-0.3, -0.25) is 4.79 Å². The van der Waals surface area contributed by atoms with E-state index in [1.54, 1.807) is 7.05 Å². The van der Waals surface area contributed by atoms with Crippen LogP contribution in [0.2, 0.25) is 0 Å². The van der Waals surface area contributed by atoms with E-state index in [2.05, 4.69) is 5.32 Å². The van der Waals surface area contributed by atoms with Crippen LogP contribution >= 0.6 is 0 Å². The molecular formula is C13H23N3O5. The predicted molar refractivity (Wildman–Crippen MR) is 74.6 cm³/mol. The number of aliphatic carboxylic acids is 1. The van der Waals surface area contributed by atoms with Gasteiger partial charge in [0.1, 0.15) is 6.04 Å². The number of carbonyl (C=O) groups excluding carboxylic acids is 2. The van der Waals surface area contributed by atoms with Crippen molar-refractivity contribution in [1.82, 2.24) is 10.2 Å². The summed E-state index contributed by atoms with van der Waals surface area (Å²) in [6.45, 7) is 1.87. The van der Waals surface area contributed by atoms with Crippen molar-refractivity contribution in [3.8, 4) is 0 Å². The summed E-state index contributed by atoms with van der Waals surface area (Å²) in [6, 6.07) is -1.59. The van der Waals surface area contributed by atoms with Crippen LogP contribution in [-0.4, -0.2) is 60.8 Å². The van der Waals surface area contributed by atoms with Gasteiger partial charge in [-0.1, -0.05) is 0 Å². The monoisotopic (exact) mass is 301 g/mol. The van der Waals surface area contributed by atoms with E-state index < -0.39 is 23.9 Å². The van der Waals surface area contributed by atoms with Crippen LogP contribution in [0.25, 0.3) is 0 Å². The van der Waals surface area contributed by atoms with Crippen LogP contribution < -0.4 is 11.1 Å². The summed E-state index contributed by atoms with van der Waals surface area (Å²) in [5.74, 6) is -1.51. The number of carboxylic acid groups (broad SMARTS) is 1. The number of primary amides is 1. The molecule has 0 radical (unpaired) electrons. The number of nitrogens with two attached hydrogens (primary N) is 1. The van der Waals surface area contributed by atoms with E-state index in [-0.39, 0.29) is 18.8 Å². The van der Waals surface area contributed by atoms with Crippen LogP contribution in [0.1, 0.15) is 25.7 Å². The Morgan fingerprint density at radius 1 is 1.48 bits per heavy atom. The summed E-state index contributed by atoms with van der Waals surface area (Å²) in [6.07, 6.45) is 1.85. The molecule has 0 aliphatic carbocycles.